The van der Waals surface area contributed by atoms with Crippen molar-refractivity contribution >= 4 is 17.2 Å². The van der Waals surface area contributed by atoms with Crippen LogP contribution in [0.5, 0.6) is 0 Å². The first-order chi connectivity index (χ1) is 8.54. The predicted octanol–water partition coefficient (Wildman–Crippen LogP) is 1.93. The highest BCUT2D eigenvalue weighted by Crippen LogP contribution is 2.13. The Morgan fingerprint density at radius 3 is 2.83 bits per heavy atom. The summed E-state index contributed by atoms with van der Waals surface area (Å²) in [4.78, 5) is 2.39. The van der Waals surface area contributed by atoms with Crippen molar-refractivity contribution in [1.29, 1.82) is 0 Å². The van der Waals surface area contributed by atoms with Crippen molar-refractivity contribution in [2.75, 3.05) is 27.3 Å². The maximum atomic E-state index is 13.2. The quantitative estimate of drug-likeness (QED) is 0.607. The molecule has 2 N–H and O–H groups in total. The topological polar surface area (TPSA) is 38.5 Å². The minimum Gasteiger partial charge on any atom is -0.389 e. The minimum atomic E-state index is -0.268. The number of nitrogens with zero attached hydrogens (tertiary/aromatic N) is 1. The first kappa shape index (κ1) is 15.0. The van der Waals surface area contributed by atoms with Crippen molar-refractivity contribution in [3.05, 3.63) is 35.1 Å². The molecular weight excluding hydrogens is 251 g/mol. The summed E-state index contributed by atoms with van der Waals surface area (Å²) in [5.74, 6) is -0.268. The van der Waals surface area contributed by atoms with Crippen LogP contribution in [0, 0.1) is 5.82 Å². The van der Waals surface area contributed by atoms with Gasteiger partial charge in [-0.05, 0) is 37.2 Å². The zero-order chi connectivity index (χ0) is 13.5. The second-order valence-electron chi connectivity index (χ2n) is 4.25. The van der Waals surface area contributed by atoms with Crippen LogP contribution in [-0.4, -0.2) is 37.2 Å². The molecule has 1 aromatic rings. The van der Waals surface area contributed by atoms with Crippen molar-refractivity contribution in [3.63, 3.8) is 0 Å². The number of hydrogen-bond acceptors (Lipinski definition) is 3. The Hall–Kier alpha value is -1.04. The number of ether oxygens (including phenoxy) is 1. The van der Waals surface area contributed by atoms with Gasteiger partial charge in [0.05, 0.1) is 0 Å². The largest absolute Gasteiger partial charge is 0.389 e. The molecule has 18 heavy (non-hydrogen) atoms. The SMILES string of the molecule is COCCCN(C)Cc1cc(F)ccc1C(N)=S. The van der Waals surface area contributed by atoms with Crippen LogP contribution in [0.3, 0.4) is 0 Å². The Labute approximate surface area is 113 Å². The molecule has 0 saturated heterocycles. The van der Waals surface area contributed by atoms with Crippen LogP contribution in [-0.2, 0) is 11.3 Å². The van der Waals surface area contributed by atoms with Crippen LogP contribution < -0.4 is 5.73 Å². The van der Waals surface area contributed by atoms with Gasteiger partial charge in [-0.2, -0.15) is 0 Å². The van der Waals surface area contributed by atoms with Gasteiger partial charge in [-0.15, -0.1) is 0 Å². The van der Waals surface area contributed by atoms with Crippen LogP contribution in [0.2, 0.25) is 0 Å². The van der Waals surface area contributed by atoms with Gasteiger partial charge in [0, 0.05) is 32.4 Å². The fourth-order valence-electron chi connectivity index (χ4n) is 1.78. The van der Waals surface area contributed by atoms with Gasteiger partial charge < -0.3 is 15.4 Å². The van der Waals surface area contributed by atoms with Crippen molar-refractivity contribution in [2.45, 2.75) is 13.0 Å². The highest BCUT2D eigenvalue weighted by molar-refractivity contribution is 7.80. The van der Waals surface area contributed by atoms with Gasteiger partial charge in [-0.1, -0.05) is 12.2 Å². The molecule has 1 aromatic carbocycles. The van der Waals surface area contributed by atoms with E-state index in [0.29, 0.717) is 11.5 Å². The monoisotopic (exact) mass is 270 g/mol. The van der Waals surface area contributed by atoms with E-state index in [0.717, 1.165) is 30.7 Å². The van der Waals surface area contributed by atoms with Crippen molar-refractivity contribution in [2.24, 2.45) is 5.73 Å². The van der Waals surface area contributed by atoms with Gasteiger partial charge in [0.25, 0.3) is 0 Å². The highest BCUT2D eigenvalue weighted by Gasteiger charge is 2.09. The number of methoxy groups -OCH3 is 1. The van der Waals surface area contributed by atoms with Gasteiger partial charge >= 0.3 is 0 Å². The third-order valence-electron chi connectivity index (χ3n) is 2.66. The zero-order valence-corrected chi connectivity index (χ0v) is 11.6. The first-order valence-electron chi connectivity index (χ1n) is 5.80. The number of hydrogen-bond donors (Lipinski definition) is 1. The molecule has 0 aromatic heterocycles. The maximum absolute atomic E-state index is 13.2. The lowest BCUT2D eigenvalue weighted by Crippen LogP contribution is -2.23. The summed E-state index contributed by atoms with van der Waals surface area (Å²) in [5, 5.41) is 0. The van der Waals surface area contributed by atoms with E-state index in [9.17, 15) is 4.39 Å². The fraction of sp³-hybridized carbons (Fsp3) is 0.462. The average molecular weight is 270 g/mol. The summed E-state index contributed by atoms with van der Waals surface area (Å²) in [5.41, 5.74) is 7.19. The minimum absolute atomic E-state index is 0.268. The Bertz CT molecular complexity index is 412. The van der Waals surface area contributed by atoms with Crippen LogP contribution in [0.15, 0.2) is 18.2 Å². The molecule has 100 valence electrons. The molecule has 0 amide bonds. The van der Waals surface area contributed by atoms with E-state index in [1.54, 1.807) is 13.2 Å². The summed E-state index contributed by atoms with van der Waals surface area (Å²) in [6.07, 6.45) is 0.935. The smallest absolute Gasteiger partial charge is 0.123 e. The third-order valence-corrected chi connectivity index (χ3v) is 2.88. The predicted molar refractivity (Wildman–Crippen MR) is 75.1 cm³/mol. The van der Waals surface area contributed by atoms with Gasteiger partial charge in [0.1, 0.15) is 10.8 Å². The average Bonchev–Trinajstić information content (AvgIpc) is 2.29. The lowest BCUT2D eigenvalue weighted by molar-refractivity contribution is 0.178. The van der Waals surface area contributed by atoms with E-state index in [-0.39, 0.29) is 5.82 Å². The number of halogens is 1. The van der Waals surface area contributed by atoms with Gasteiger partial charge in [-0.25, -0.2) is 4.39 Å². The van der Waals surface area contributed by atoms with Crippen molar-refractivity contribution in [1.82, 2.24) is 4.90 Å². The number of benzene rings is 1. The number of thiocarbonyl (C=S) groups is 1. The molecule has 3 nitrogen and oxygen atoms in total. The first-order valence-corrected chi connectivity index (χ1v) is 6.21. The molecule has 0 saturated carbocycles. The van der Waals surface area contributed by atoms with Crippen molar-refractivity contribution < 1.29 is 9.13 Å². The Morgan fingerprint density at radius 1 is 1.50 bits per heavy atom. The zero-order valence-electron chi connectivity index (χ0n) is 10.8. The normalized spacial score (nSPS) is 10.9. The highest BCUT2D eigenvalue weighted by atomic mass is 32.1. The Morgan fingerprint density at radius 2 is 2.22 bits per heavy atom. The molecule has 0 atom stereocenters. The molecule has 0 bridgehead atoms. The molecule has 1 rings (SSSR count). The molecule has 0 aliphatic carbocycles. The van der Waals surface area contributed by atoms with Crippen molar-refractivity contribution in [3.8, 4) is 0 Å². The molecule has 0 fully saturated rings. The lowest BCUT2D eigenvalue weighted by Gasteiger charge is -2.18. The summed E-state index contributed by atoms with van der Waals surface area (Å²) in [7, 11) is 3.65. The third kappa shape index (κ3) is 4.68. The molecule has 0 aliphatic heterocycles. The van der Waals surface area contributed by atoms with E-state index in [2.05, 4.69) is 4.90 Å². The second-order valence-corrected chi connectivity index (χ2v) is 4.69. The van der Waals surface area contributed by atoms with Crippen LogP contribution in [0.1, 0.15) is 17.5 Å². The van der Waals surface area contributed by atoms with Crippen LogP contribution >= 0.6 is 12.2 Å². The summed E-state index contributed by atoms with van der Waals surface area (Å²) in [6, 6.07) is 4.50. The van der Waals surface area contributed by atoms with Crippen LogP contribution in [0.25, 0.3) is 0 Å². The lowest BCUT2D eigenvalue weighted by atomic mass is 10.1. The maximum Gasteiger partial charge on any atom is 0.123 e. The molecule has 5 heteroatoms. The molecule has 0 aliphatic rings. The molecule has 0 radical (unpaired) electrons. The second kappa shape index (κ2) is 7.41. The van der Waals surface area contributed by atoms with E-state index in [4.69, 9.17) is 22.7 Å². The molecule has 0 heterocycles. The molecule has 0 unspecified atom stereocenters. The van der Waals surface area contributed by atoms with E-state index in [1.165, 1.54) is 12.1 Å². The summed E-state index contributed by atoms with van der Waals surface area (Å²) < 4.78 is 18.2. The Balaban J connectivity index is 2.70. The Kier molecular flexibility index (Phi) is 6.18. The van der Waals surface area contributed by atoms with Crippen LogP contribution in [0.4, 0.5) is 4.39 Å². The van der Waals surface area contributed by atoms with Gasteiger partial charge in [0.15, 0.2) is 0 Å². The standard InChI is InChI=1S/C13H19FN2OS/c1-16(6-3-7-17-2)9-10-8-11(14)4-5-12(10)13(15)18/h4-5,8H,3,6-7,9H2,1-2H3,(H2,15,18). The van der Waals surface area contributed by atoms with E-state index in [1.807, 2.05) is 7.05 Å². The number of nitrogens with two attached hydrogens (primary N) is 1. The summed E-state index contributed by atoms with van der Waals surface area (Å²) >= 11 is 4.97. The van der Waals surface area contributed by atoms with Gasteiger partial charge in [-0.3, -0.25) is 0 Å². The fourth-order valence-corrected chi connectivity index (χ4v) is 1.98. The van der Waals surface area contributed by atoms with Gasteiger partial charge in [0.2, 0.25) is 0 Å². The molecular formula is C13H19FN2OS. The van der Waals surface area contributed by atoms with E-state index < -0.39 is 0 Å². The van der Waals surface area contributed by atoms with E-state index >= 15 is 0 Å². The summed E-state index contributed by atoms with van der Waals surface area (Å²) in [6.45, 7) is 2.21. The number of rotatable bonds is 7. The molecule has 0 spiro atoms.